The summed E-state index contributed by atoms with van der Waals surface area (Å²) in [7, 11) is 0. The molecular formula is C11H13NO. The Morgan fingerprint density at radius 3 is 3.00 bits per heavy atom. The molecule has 0 bridgehead atoms. The lowest BCUT2D eigenvalue weighted by atomic mass is 9.97. The van der Waals surface area contributed by atoms with Gasteiger partial charge in [-0.3, -0.25) is 0 Å². The molecule has 1 spiro atoms. The zero-order valence-electron chi connectivity index (χ0n) is 7.55. The standard InChI is InChI=1S/C11H13NO/c1-2-4-10-9(3-1)7-11(13-10)5-6-12-8-11/h1-4,12H,5-8H2. The molecule has 1 saturated heterocycles. The van der Waals surface area contributed by atoms with Crippen molar-refractivity contribution in [3.63, 3.8) is 0 Å². The molecule has 13 heavy (non-hydrogen) atoms. The smallest absolute Gasteiger partial charge is 0.127 e. The molecule has 1 unspecified atom stereocenters. The first-order valence-corrected chi connectivity index (χ1v) is 4.86. The van der Waals surface area contributed by atoms with Crippen molar-refractivity contribution in [2.75, 3.05) is 13.1 Å². The van der Waals surface area contributed by atoms with Crippen molar-refractivity contribution in [2.24, 2.45) is 0 Å². The summed E-state index contributed by atoms with van der Waals surface area (Å²) < 4.78 is 5.99. The monoisotopic (exact) mass is 175 g/mol. The van der Waals surface area contributed by atoms with Crippen LogP contribution in [0, 0.1) is 0 Å². The molecule has 1 aromatic carbocycles. The molecule has 0 aliphatic carbocycles. The molecule has 2 heteroatoms. The van der Waals surface area contributed by atoms with E-state index >= 15 is 0 Å². The second kappa shape index (κ2) is 2.48. The van der Waals surface area contributed by atoms with Crippen LogP contribution in [0.4, 0.5) is 0 Å². The Morgan fingerprint density at radius 1 is 1.31 bits per heavy atom. The first-order valence-electron chi connectivity index (χ1n) is 4.86. The van der Waals surface area contributed by atoms with Gasteiger partial charge in [-0.1, -0.05) is 18.2 Å². The van der Waals surface area contributed by atoms with Crippen molar-refractivity contribution in [1.29, 1.82) is 0 Å². The van der Waals surface area contributed by atoms with E-state index in [1.165, 1.54) is 5.56 Å². The summed E-state index contributed by atoms with van der Waals surface area (Å²) >= 11 is 0. The van der Waals surface area contributed by atoms with E-state index in [2.05, 4.69) is 23.5 Å². The minimum Gasteiger partial charge on any atom is -0.485 e. The van der Waals surface area contributed by atoms with Crippen LogP contribution in [-0.2, 0) is 6.42 Å². The van der Waals surface area contributed by atoms with E-state index in [1.807, 2.05) is 6.07 Å². The van der Waals surface area contributed by atoms with Crippen LogP contribution in [0.1, 0.15) is 12.0 Å². The van der Waals surface area contributed by atoms with Gasteiger partial charge in [0.1, 0.15) is 11.4 Å². The van der Waals surface area contributed by atoms with Crippen molar-refractivity contribution < 1.29 is 4.74 Å². The van der Waals surface area contributed by atoms with Crippen LogP contribution >= 0.6 is 0 Å². The molecule has 1 atom stereocenters. The summed E-state index contributed by atoms with van der Waals surface area (Å²) in [5.74, 6) is 1.09. The molecule has 0 aromatic heterocycles. The number of hydrogen-bond acceptors (Lipinski definition) is 2. The van der Waals surface area contributed by atoms with Gasteiger partial charge in [-0.2, -0.15) is 0 Å². The molecule has 1 fully saturated rings. The highest BCUT2D eigenvalue weighted by molar-refractivity contribution is 5.39. The van der Waals surface area contributed by atoms with E-state index in [-0.39, 0.29) is 5.60 Å². The zero-order valence-corrected chi connectivity index (χ0v) is 7.55. The van der Waals surface area contributed by atoms with Crippen molar-refractivity contribution in [1.82, 2.24) is 5.32 Å². The van der Waals surface area contributed by atoms with Crippen molar-refractivity contribution in [3.05, 3.63) is 29.8 Å². The lowest BCUT2D eigenvalue weighted by Gasteiger charge is -2.21. The highest BCUT2D eigenvalue weighted by atomic mass is 16.5. The summed E-state index contributed by atoms with van der Waals surface area (Å²) in [5, 5.41) is 3.36. The van der Waals surface area contributed by atoms with E-state index in [4.69, 9.17) is 4.74 Å². The number of rotatable bonds is 0. The van der Waals surface area contributed by atoms with E-state index < -0.39 is 0 Å². The summed E-state index contributed by atoms with van der Waals surface area (Å²) in [5.41, 5.74) is 1.45. The fourth-order valence-corrected chi connectivity index (χ4v) is 2.32. The van der Waals surface area contributed by atoms with Crippen molar-refractivity contribution in [3.8, 4) is 5.75 Å². The maximum absolute atomic E-state index is 5.99. The predicted octanol–water partition coefficient (Wildman–Crippen LogP) is 1.35. The highest BCUT2D eigenvalue weighted by Crippen LogP contribution is 2.37. The lowest BCUT2D eigenvalue weighted by Crippen LogP contribution is -2.36. The van der Waals surface area contributed by atoms with Gasteiger partial charge in [0.2, 0.25) is 0 Å². The van der Waals surface area contributed by atoms with E-state index in [9.17, 15) is 0 Å². The van der Waals surface area contributed by atoms with Crippen LogP contribution in [0.2, 0.25) is 0 Å². The van der Waals surface area contributed by atoms with Crippen molar-refractivity contribution >= 4 is 0 Å². The fourth-order valence-electron chi connectivity index (χ4n) is 2.32. The number of nitrogens with one attached hydrogen (secondary N) is 1. The number of benzene rings is 1. The van der Waals surface area contributed by atoms with Gasteiger partial charge in [0.25, 0.3) is 0 Å². The molecule has 0 radical (unpaired) electrons. The summed E-state index contributed by atoms with van der Waals surface area (Å²) in [6.07, 6.45) is 2.22. The van der Waals surface area contributed by atoms with Gasteiger partial charge in [0.15, 0.2) is 0 Å². The Hall–Kier alpha value is -1.02. The maximum Gasteiger partial charge on any atom is 0.127 e. The Balaban J connectivity index is 1.96. The van der Waals surface area contributed by atoms with Gasteiger partial charge in [0, 0.05) is 19.4 Å². The number of para-hydroxylation sites is 1. The molecule has 2 heterocycles. The summed E-state index contributed by atoms with van der Waals surface area (Å²) in [4.78, 5) is 0. The summed E-state index contributed by atoms with van der Waals surface area (Å²) in [6.45, 7) is 2.09. The van der Waals surface area contributed by atoms with Gasteiger partial charge in [-0.25, -0.2) is 0 Å². The largest absolute Gasteiger partial charge is 0.485 e. The third kappa shape index (κ3) is 1.05. The maximum atomic E-state index is 5.99. The topological polar surface area (TPSA) is 21.3 Å². The van der Waals surface area contributed by atoms with Gasteiger partial charge in [0.05, 0.1) is 0 Å². The molecule has 2 aliphatic heterocycles. The second-order valence-electron chi connectivity index (χ2n) is 4.00. The average Bonchev–Trinajstić information content (AvgIpc) is 2.72. The van der Waals surface area contributed by atoms with E-state index in [0.29, 0.717) is 0 Å². The second-order valence-corrected chi connectivity index (χ2v) is 4.00. The van der Waals surface area contributed by atoms with Crippen LogP contribution in [0.5, 0.6) is 5.75 Å². The quantitative estimate of drug-likeness (QED) is 0.642. The van der Waals surface area contributed by atoms with Crippen LogP contribution in [0.15, 0.2) is 24.3 Å². The zero-order chi connectivity index (χ0) is 8.73. The Bertz CT molecular complexity index is 302. The van der Waals surface area contributed by atoms with Gasteiger partial charge in [-0.15, -0.1) is 0 Å². The molecule has 2 aliphatic rings. The van der Waals surface area contributed by atoms with Crippen molar-refractivity contribution in [2.45, 2.75) is 18.4 Å². The molecule has 2 nitrogen and oxygen atoms in total. The van der Waals surface area contributed by atoms with Gasteiger partial charge < -0.3 is 10.1 Å². The third-order valence-electron chi connectivity index (χ3n) is 3.02. The molecule has 3 rings (SSSR count). The van der Waals surface area contributed by atoms with Crippen LogP contribution in [0.25, 0.3) is 0 Å². The summed E-state index contributed by atoms with van der Waals surface area (Å²) in [6, 6.07) is 8.37. The molecule has 0 amide bonds. The third-order valence-corrected chi connectivity index (χ3v) is 3.02. The van der Waals surface area contributed by atoms with E-state index in [0.717, 1.165) is 31.7 Å². The van der Waals surface area contributed by atoms with Crippen LogP contribution < -0.4 is 10.1 Å². The fraction of sp³-hybridized carbons (Fsp3) is 0.455. The molecule has 0 saturated carbocycles. The Kier molecular flexibility index (Phi) is 1.41. The highest BCUT2D eigenvalue weighted by Gasteiger charge is 2.41. The minimum atomic E-state index is 0.0870. The average molecular weight is 175 g/mol. The predicted molar refractivity (Wildman–Crippen MR) is 51.0 cm³/mol. The van der Waals surface area contributed by atoms with Crippen LogP contribution in [0.3, 0.4) is 0 Å². The van der Waals surface area contributed by atoms with Crippen LogP contribution in [-0.4, -0.2) is 18.7 Å². The first-order chi connectivity index (χ1) is 6.38. The molecule has 68 valence electrons. The lowest BCUT2D eigenvalue weighted by molar-refractivity contribution is 0.118. The Morgan fingerprint density at radius 2 is 2.23 bits per heavy atom. The van der Waals surface area contributed by atoms with Gasteiger partial charge >= 0.3 is 0 Å². The van der Waals surface area contributed by atoms with Gasteiger partial charge in [-0.05, 0) is 18.2 Å². The SMILES string of the molecule is c1ccc2c(c1)CC1(CCNC1)O2. The molecule has 1 N–H and O–H groups in total. The van der Waals surface area contributed by atoms with E-state index in [1.54, 1.807) is 0 Å². The molecular weight excluding hydrogens is 162 g/mol. The number of hydrogen-bond donors (Lipinski definition) is 1. The number of fused-ring (bicyclic) bond motifs is 1. The molecule has 1 aromatic rings. The number of ether oxygens (including phenoxy) is 1. The normalized spacial score (nSPS) is 30.5. The first kappa shape index (κ1) is 7.39. The Labute approximate surface area is 77.9 Å². The minimum absolute atomic E-state index is 0.0870.